The second kappa shape index (κ2) is 10.5. The van der Waals surface area contributed by atoms with Gasteiger partial charge in [0.1, 0.15) is 5.56 Å². The van der Waals surface area contributed by atoms with Gasteiger partial charge < -0.3 is 10.1 Å². The van der Waals surface area contributed by atoms with E-state index >= 15 is 0 Å². The van der Waals surface area contributed by atoms with Crippen molar-refractivity contribution in [1.82, 2.24) is 4.31 Å². The van der Waals surface area contributed by atoms with E-state index in [1.54, 1.807) is 19.1 Å². The Morgan fingerprint density at radius 3 is 2.42 bits per heavy atom. The Balaban J connectivity index is 1.68. The van der Waals surface area contributed by atoms with Gasteiger partial charge in [-0.15, -0.1) is 0 Å². The summed E-state index contributed by atoms with van der Waals surface area (Å²) in [5, 5.41) is 13.6. The van der Waals surface area contributed by atoms with Gasteiger partial charge in [0.2, 0.25) is 10.0 Å². The molecule has 2 aromatic carbocycles. The van der Waals surface area contributed by atoms with Crippen LogP contribution < -0.4 is 5.32 Å². The highest BCUT2D eigenvalue weighted by molar-refractivity contribution is 7.89. The molecular weight excluding hydrogens is 450 g/mol. The average Bonchev–Trinajstić information content (AvgIpc) is 3.09. The topological polar surface area (TPSA) is 136 Å². The van der Waals surface area contributed by atoms with Gasteiger partial charge in [0.05, 0.1) is 9.82 Å². The molecule has 0 atom stereocenters. The minimum Gasteiger partial charge on any atom is -0.452 e. The number of hydrogen-bond donors (Lipinski definition) is 1. The number of nitrogens with zero attached hydrogens (tertiary/aromatic N) is 2. The lowest BCUT2D eigenvalue weighted by Crippen LogP contribution is -2.32. The van der Waals surface area contributed by atoms with Crippen molar-refractivity contribution in [1.29, 1.82) is 0 Å². The molecule has 0 unspecified atom stereocenters. The van der Waals surface area contributed by atoms with Crippen LogP contribution in [0.25, 0.3) is 0 Å². The van der Waals surface area contributed by atoms with E-state index in [9.17, 15) is 28.1 Å². The molecule has 0 radical (unpaired) electrons. The summed E-state index contributed by atoms with van der Waals surface area (Å²) >= 11 is 0. The number of nitro benzene ring substituents is 1. The highest BCUT2D eigenvalue weighted by Crippen LogP contribution is 2.26. The van der Waals surface area contributed by atoms with Crippen LogP contribution >= 0.6 is 0 Å². The van der Waals surface area contributed by atoms with E-state index in [1.165, 1.54) is 28.6 Å². The lowest BCUT2D eigenvalue weighted by atomic mass is 10.2. The summed E-state index contributed by atoms with van der Waals surface area (Å²) in [7, 11) is -3.72. The number of para-hydroxylation sites is 1. The van der Waals surface area contributed by atoms with Crippen molar-refractivity contribution in [2.75, 3.05) is 25.0 Å². The Bertz CT molecular complexity index is 1160. The summed E-state index contributed by atoms with van der Waals surface area (Å²) < 4.78 is 32.7. The van der Waals surface area contributed by atoms with Crippen LogP contribution in [0.4, 0.5) is 11.4 Å². The Kier molecular flexibility index (Phi) is 7.77. The zero-order valence-corrected chi connectivity index (χ0v) is 19.0. The van der Waals surface area contributed by atoms with Crippen LogP contribution in [0.15, 0.2) is 47.4 Å². The van der Waals surface area contributed by atoms with E-state index in [1.807, 2.05) is 0 Å². The van der Waals surface area contributed by atoms with Crippen LogP contribution in [0, 0.1) is 17.0 Å². The van der Waals surface area contributed by atoms with E-state index in [4.69, 9.17) is 4.74 Å². The molecule has 176 valence electrons. The summed E-state index contributed by atoms with van der Waals surface area (Å²) in [5.74, 6) is -1.71. The highest BCUT2D eigenvalue weighted by Gasteiger charge is 2.27. The number of rotatable bonds is 7. The zero-order valence-electron chi connectivity index (χ0n) is 18.2. The van der Waals surface area contributed by atoms with E-state index in [0.29, 0.717) is 18.7 Å². The first-order valence-electron chi connectivity index (χ1n) is 10.5. The van der Waals surface area contributed by atoms with Crippen LogP contribution in [0.1, 0.15) is 41.6 Å². The summed E-state index contributed by atoms with van der Waals surface area (Å²) in [6.07, 6.45) is 3.59. The number of carbonyl (C=O) groups is 2. The molecule has 1 aliphatic rings. The number of hydrogen-bond acceptors (Lipinski definition) is 7. The van der Waals surface area contributed by atoms with Crippen molar-refractivity contribution in [3.05, 3.63) is 63.7 Å². The molecule has 1 amide bonds. The summed E-state index contributed by atoms with van der Waals surface area (Å²) in [5.41, 5.74) is 0.0991. The molecule has 1 aliphatic heterocycles. The monoisotopic (exact) mass is 475 g/mol. The quantitative estimate of drug-likeness (QED) is 0.369. The van der Waals surface area contributed by atoms with Crippen molar-refractivity contribution in [3.8, 4) is 0 Å². The van der Waals surface area contributed by atoms with Gasteiger partial charge >= 0.3 is 5.97 Å². The summed E-state index contributed by atoms with van der Waals surface area (Å²) in [6, 6.07) is 9.79. The Hall–Kier alpha value is -3.31. The first kappa shape index (κ1) is 24.3. The fourth-order valence-corrected chi connectivity index (χ4v) is 5.36. The SMILES string of the molecule is Cc1ccc(NC(=O)COC(=O)c2ccccc2[N+](=O)[O-])cc1S(=O)(=O)N1CCCCCC1. The first-order valence-corrected chi connectivity index (χ1v) is 12.0. The number of sulfonamides is 1. The Morgan fingerprint density at radius 2 is 1.76 bits per heavy atom. The van der Waals surface area contributed by atoms with Crippen LogP contribution in [0.2, 0.25) is 0 Å². The number of anilines is 1. The predicted octanol–water partition coefficient (Wildman–Crippen LogP) is 3.26. The maximum Gasteiger partial charge on any atom is 0.345 e. The smallest absolute Gasteiger partial charge is 0.345 e. The van der Waals surface area contributed by atoms with Crippen molar-refractivity contribution < 1.29 is 27.7 Å². The number of nitro groups is 1. The maximum absolute atomic E-state index is 13.1. The highest BCUT2D eigenvalue weighted by atomic mass is 32.2. The van der Waals surface area contributed by atoms with Crippen LogP contribution in [0.3, 0.4) is 0 Å². The molecule has 3 rings (SSSR count). The van der Waals surface area contributed by atoms with Gasteiger partial charge in [-0.3, -0.25) is 14.9 Å². The predicted molar refractivity (Wildman–Crippen MR) is 120 cm³/mol. The third-order valence-corrected chi connectivity index (χ3v) is 7.35. The van der Waals surface area contributed by atoms with Crippen LogP contribution in [-0.4, -0.2) is 49.2 Å². The molecule has 1 heterocycles. The van der Waals surface area contributed by atoms with Crippen molar-refractivity contribution in [3.63, 3.8) is 0 Å². The standard InChI is InChI=1S/C22H25N3O7S/c1-16-10-11-17(14-20(16)33(30,31)24-12-6-2-3-7-13-24)23-21(26)15-32-22(27)18-8-4-5-9-19(18)25(28)29/h4-5,8-11,14H,2-3,6-7,12-13,15H2,1H3,(H,23,26). The van der Waals surface area contributed by atoms with Crippen molar-refractivity contribution in [2.45, 2.75) is 37.5 Å². The summed E-state index contributed by atoms with van der Waals surface area (Å²) in [6.45, 7) is 1.91. The van der Waals surface area contributed by atoms with Gasteiger partial charge in [0.25, 0.3) is 11.6 Å². The van der Waals surface area contributed by atoms with Gasteiger partial charge in [-0.1, -0.05) is 31.0 Å². The largest absolute Gasteiger partial charge is 0.452 e. The normalized spacial score (nSPS) is 14.8. The average molecular weight is 476 g/mol. The van der Waals surface area contributed by atoms with Gasteiger partial charge in [-0.2, -0.15) is 4.31 Å². The number of aryl methyl sites for hydroxylation is 1. The molecule has 1 saturated heterocycles. The maximum atomic E-state index is 13.1. The number of ether oxygens (including phenoxy) is 1. The number of esters is 1. The first-order chi connectivity index (χ1) is 15.7. The van der Waals surface area contributed by atoms with Crippen molar-refractivity contribution in [2.24, 2.45) is 0 Å². The van der Waals surface area contributed by atoms with E-state index in [2.05, 4.69) is 5.32 Å². The molecule has 33 heavy (non-hydrogen) atoms. The molecule has 0 bridgehead atoms. The number of benzene rings is 2. The fraction of sp³-hybridized carbons (Fsp3) is 0.364. The molecular formula is C22H25N3O7S. The molecule has 0 saturated carbocycles. The summed E-state index contributed by atoms with van der Waals surface area (Å²) in [4.78, 5) is 34.9. The molecule has 10 nitrogen and oxygen atoms in total. The van der Waals surface area contributed by atoms with E-state index < -0.39 is 39.1 Å². The van der Waals surface area contributed by atoms with E-state index in [0.717, 1.165) is 31.7 Å². The molecule has 0 spiro atoms. The van der Waals surface area contributed by atoms with Crippen LogP contribution in [-0.2, 0) is 19.6 Å². The molecule has 2 aromatic rings. The third kappa shape index (κ3) is 5.93. The Morgan fingerprint density at radius 1 is 1.09 bits per heavy atom. The molecule has 0 aliphatic carbocycles. The lowest BCUT2D eigenvalue weighted by Gasteiger charge is -2.21. The second-order valence-corrected chi connectivity index (χ2v) is 9.60. The molecule has 1 fully saturated rings. The van der Waals surface area contributed by atoms with Crippen LogP contribution in [0.5, 0.6) is 0 Å². The van der Waals surface area contributed by atoms with Crippen molar-refractivity contribution >= 4 is 33.3 Å². The molecule has 0 aromatic heterocycles. The van der Waals surface area contributed by atoms with E-state index in [-0.39, 0.29) is 16.1 Å². The number of carbonyl (C=O) groups excluding carboxylic acids is 2. The number of amides is 1. The van der Waals surface area contributed by atoms with Gasteiger partial charge in [0.15, 0.2) is 6.61 Å². The zero-order chi connectivity index (χ0) is 24.0. The molecule has 11 heteroatoms. The third-order valence-electron chi connectivity index (χ3n) is 5.31. The molecule has 1 N–H and O–H groups in total. The van der Waals surface area contributed by atoms with Gasteiger partial charge in [-0.05, 0) is 43.5 Å². The minimum atomic E-state index is -3.72. The second-order valence-electron chi connectivity index (χ2n) is 7.70. The lowest BCUT2D eigenvalue weighted by molar-refractivity contribution is -0.385. The van der Waals surface area contributed by atoms with Gasteiger partial charge in [-0.25, -0.2) is 13.2 Å². The minimum absolute atomic E-state index is 0.110. The number of nitrogens with one attached hydrogen (secondary N) is 1. The van der Waals surface area contributed by atoms with Gasteiger partial charge in [0, 0.05) is 24.8 Å². The Labute approximate surface area is 191 Å². The fourth-order valence-electron chi connectivity index (χ4n) is 3.59.